The molecular weight excluding hydrogens is 737 g/mol. The first kappa shape index (κ1) is 53.9. The summed E-state index contributed by atoms with van der Waals surface area (Å²) in [5.74, 6) is -0.938. The molecule has 0 aromatic heterocycles. The van der Waals surface area contributed by atoms with Gasteiger partial charge in [-0.05, 0) is 89.9 Å². The van der Waals surface area contributed by atoms with E-state index >= 15 is 0 Å². The molecule has 0 heterocycles. The minimum absolute atomic E-state index is 0.0356. The number of esters is 2. The van der Waals surface area contributed by atoms with Crippen molar-refractivity contribution < 1.29 is 37.6 Å². The maximum absolute atomic E-state index is 12.6. The van der Waals surface area contributed by atoms with Crippen LogP contribution in [0.2, 0.25) is 0 Å². The summed E-state index contributed by atoms with van der Waals surface area (Å²) in [6.07, 6.45) is 54.5. The zero-order valence-corrected chi connectivity index (χ0v) is 36.4. The lowest BCUT2D eigenvalue weighted by molar-refractivity contribution is -0.161. The van der Waals surface area contributed by atoms with Crippen LogP contribution in [0.25, 0.3) is 0 Å². The van der Waals surface area contributed by atoms with Gasteiger partial charge in [0.15, 0.2) is 6.10 Å². The number of rotatable bonds is 39. The van der Waals surface area contributed by atoms with Gasteiger partial charge in [-0.15, -0.1) is 0 Å². The highest BCUT2D eigenvalue weighted by atomic mass is 31.2. The highest BCUT2D eigenvalue weighted by molar-refractivity contribution is 7.47. The van der Waals surface area contributed by atoms with Gasteiger partial charge in [-0.2, -0.15) is 0 Å². The van der Waals surface area contributed by atoms with Gasteiger partial charge in [-0.25, -0.2) is 4.57 Å². The number of carbonyl (C=O) groups excluding carboxylic acids is 2. The Bertz CT molecular complexity index is 1250. The van der Waals surface area contributed by atoms with E-state index in [1.165, 1.54) is 38.5 Å². The van der Waals surface area contributed by atoms with E-state index in [2.05, 4.69) is 105 Å². The van der Waals surface area contributed by atoms with Crippen LogP contribution in [0.3, 0.4) is 0 Å². The highest BCUT2D eigenvalue weighted by Gasteiger charge is 2.25. The van der Waals surface area contributed by atoms with Gasteiger partial charge in [0, 0.05) is 19.4 Å². The van der Waals surface area contributed by atoms with Gasteiger partial charge in [-0.1, -0.05) is 150 Å². The Balaban J connectivity index is 4.33. The molecule has 0 aliphatic rings. The van der Waals surface area contributed by atoms with Crippen LogP contribution in [-0.4, -0.2) is 49.3 Å². The predicted octanol–water partition coefficient (Wildman–Crippen LogP) is 12.6. The van der Waals surface area contributed by atoms with Gasteiger partial charge in [0.05, 0.1) is 13.2 Å². The van der Waals surface area contributed by atoms with Crippen molar-refractivity contribution in [3.05, 3.63) is 97.2 Å². The normalized spacial score (nSPS) is 14.2. The number of hydrogen-bond donors (Lipinski definition) is 2. The summed E-state index contributed by atoms with van der Waals surface area (Å²) < 4.78 is 32.7. The Labute approximate surface area is 346 Å². The topological polar surface area (TPSA) is 134 Å². The molecule has 324 valence electrons. The van der Waals surface area contributed by atoms with Crippen molar-refractivity contribution in [3.63, 3.8) is 0 Å². The number of nitrogens with two attached hydrogens (primary N) is 1. The number of ether oxygens (including phenoxy) is 2. The molecule has 0 saturated carbocycles. The van der Waals surface area contributed by atoms with E-state index in [0.717, 1.165) is 77.0 Å². The summed E-state index contributed by atoms with van der Waals surface area (Å²) in [5.41, 5.74) is 5.34. The molecule has 0 bridgehead atoms. The zero-order chi connectivity index (χ0) is 41.8. The third-order valence-corrected chi connectivity index (χ3v) is 9.44. The van der Waals surface area contributed by atoms with Crippen molar-refractivity contribution in [1.82, 2.24) is 0 Å². The summed E-state index contributed by atoms with van der Waals surface area (Å²) in [5, 5.41) is 0. The van der Waals surface area contributed by atoms with Crippen molar-refractivity contribution >= 4 is 19.8 Å². The fraction of sp³-hybridized carbons (Fsp3) is 0.617. The van der Waals surface area contributed by atoms with Gasteiger partial charge in [0.25, 0.3) is 0 Å². The monoisotopic (exact) mass is 816 g/mol. The number of allylic oxidation sites excluding steroid dienone is 16. The molecule has 0 rings (SSSR count). The van der Waals surface area contributed by atoms with Crippen LogP contribution in [-0.2, 0) is 32.7 Å². The van der Waals surface area contributed by atoms with Gasteiger partial charge in [-0.3, -0.25) is 18.6 Å². The van der Waals surface area contributed by atoms with Gasteiger partial charge in [0.2, 0.25) is 0 Å². The van der Waals surface area contributed by atoms with Crippen LogP contribution in [0.1, 0.15) is 155 Å². The molecule has 0 aromatic carbocycles. The fourth-order valence-corrected chi connectivity index (χ4v) is 6.03. The molecular formula is C47H78NO8P. The molecule has 9 nitrogen and oxygen atoms in total. The number of phosphoric acid groups is 1. The summed E-state index contributed by atoms with van der Waals surface area (Å²) in [4.78, 5) is 34.8. The molecule has 0 amide bonds. The molecule has 0 spiro atoms. The van der Waals surface area contributed by atoms with Crippen molar-refractivity contribution in [3.8, 4) is 0 Å². The average molecular weight is 816 g/mol. The second-order valence-corrected chi connectivity index (χ2v) is 15.3. The molecule has 2 atom stereocenters. The molecule has 10 heteroatoms. The van der Waals surface area contributed by atoms with E-state index < -0.39 is 32.5 Å². The minimum atomic E-state index is -4.40. The molecule has 0 fully saturated rings. The first-order chi connectivity index (χ1) is 27.8. The second-order valence-electron chi connectivity index (χ2n) is 13.8. The summed E-state index contributed by atoms with van der Waals surface area (Å²) >= 11 is 0. The van der Waals surface area contributed by atoms with E-state index in [-0.39, 0.29) is 32.6 Å². The van der Waals surface area contributed by atoms with E-state index in [0.29, 0.717) is 12.8 Å². The molecule has 0 aliphatic heterocycles. The smallest absolute Gasteiger partial charge is 0.462 e. The molecule has 0 aliphatic carbocycles. The van der Waals surface area contributed by atoms with Crippen molar-refractivity contribution in [2.45, 2.75) is 161 Å². The van der Waals surface area contributed by atoms with Crippen LogP contribution in [0.15, 0.2) is 97.2 Å². The Kier molecular flexibility index (Phi) is 40.2. The van der Waals surface area contributed by atoms with Crippen LogP contribution in [0.4, 0.5) is 0 Å². The standard InChI is InChI=1S/C47H78NO8P/c1-3-5-7-9-11-13-15-17-19-21-22-24-26-28-30-32-34-36-38-40-47(50)56-45(44-55-57(51,52)54-42-41-48)43-53-46(49)39-37-35-33-31-29-27-25-23-20-18-16-14-12-10-8-6-4-2/h5,7,11,13,17-20,22,24-25,27-28,30-31,33,45H,3-4,6,8-10,12,14-16,21,23,26,29,32,34-44,48H2,1-2H3,(H,51,52)/b7-5-,13-11-,19-17-,20-18-,24-22-,27-25-,30-28-,33-31-/t45-/m1/s1. The van der Waals surface area contributed by atoms with Crippen molar-refractivity contribution in [2.75, 3.05) is 26.4 Å². The number of unbranched alkanes of at least 4 members (excludes halogenated alkanes) is 10. The van der Waals surface area contributed by atoms with Crippen molar-refractivity contribution in [1.29, 1.82) is 0 Å². The quantitative estimate of drug-likeness (QED) is 0.0269. The number of hydrogen-bond acceptors (Lipinski definition) is 8. The molecule has 57 heavy (non-hydrogen) atoms. The summed E-state index contributed by atoms with van der Waals surface area (Å²) in [7, 11) is -4.40. The lowest BCUT2D eigenvalue weighted by Crippen LogP contribution is -2.29. The van der Waals surface area contributed by atoms with Gasteiger partial charge in [0.1, 0.15) is 6.61 Å². The fourth-order valence-electron chi connectivity index (χ4n) is 5.26. The number of phosphoric ester groups is 1. The van der Waals surface area contributed by atoms with Crippen molar-refractivity contribution in [2.24, 2.45) is 5.73 Å². The van der Waals surface area contributed by atoms with E-state index in [9.17, 15) is 19.0 Å². The maximum atomic E-state index is 12.6. The zero-order valence-electron chi connectivity index (χ0n) is 35.5. The van der Waals surface area contributed by atoms with Gasteiger partial charge < -0.3 is 20.1 Å². The molecule has 0 aromatic rings. The highest BCUT2D eigenvalue weighted by Crippen LogP contribution is 2.43. The van der Waals surface area contributed by atoms with E-state index in [1.54, 1.807) is 0 Å². The Morgan fingerprint density at radius 3 is 1.49 bits per heavy atom. The summed E-state index contributed by atoms with van der Waals surface area (Å²) in [6, 6.07) is 0. The van der Waals surface area contributed by atoms with Crippen LogP contribution in [0.5, 0.6) is 0 Å². The molecule has 3 N–H and O–H groups in total. The predicted molar refractivity (Wildman–Crippen MR) is 238 cm³/mol. The van der Waals surface area contributed by atoms with Crippen LogP contribution in [0, 0.1) is 0 Å². The third-order valence-electron chi connectivity index (χ3n) is 8.45. The SMILES string of the molecule is CC/C=C\C/C=C\C/C=C\C/C=C\C/C=C\CCCCCC(=O)O[C@H](COC(=O)CCC/C=C\C/C=C\C/C=C\CCCCCCCC)COP(=O)(O)OCCN. The Morgan fingerprint density at radius 1 is 0.544 bits per heavy atom. The number of carbonyl (C=O) groups is 2. The van der Waals surface area contributed by atoms with E-state index in [4.69, 9.17) is 24.3 Å². The van der Waals surface area contributed by atoms with Crippen LogP contribution >= 0.6 is 7.82 Å². The second kappa shape index (κ2) is 42.5. The first-order valence-electron chi connectivity index (χ1n) is 21.7. The van der Waals surface area contributed by atoms with Crippen LogP contribution < -0.4 is 5.73 Å². The third kappa shape index (κ3) is 42.4. The maximum Gasteiger partial charge on any atom is 0.472 e. The lowest BCUT2D eigenvalue weighted by Gasteiger charge is -2.19. The lowest BCUT2D eigenvalue weighted by atomic mass is 10.1. The Morgan fingerprint density at radius 2 is 0.982 bits per heavy atom. The minimum Gasteiger partial charge on any atom is -0.462 e. The average Bonchev–Trinajstić information content (AvgIpc) is 3.20. The summed E-state index contributed by atoms with van der Waals surface area (Å²) in [6.45, 7) is 3.49. The first-order valence-corrected chi connectivity index (χ1v) is 23.2. The molecule has 0 radical (unpaired) electrons. The largest absolute Gasteiger partial charge is 0.472 e. The molecule has 0 saturated heterocycles. The van der Waals surface area contributed by atoms with E-state index in [1.807, 2.05) is 6.08 Å². The molecule has 1 unspecified atom stereocenters. The Hall–Kier alpha value is -3.07. The van der Waals surface area contributed by atoms with Gasteiger partial charge >= 0.3 is 19.8 Å².